The summed E-state index contributed by atoms with van der Waals surface area (Å²) in [5.74, 6) is -0.987. The zero-order valence-corrected chi connectivity index (χ0v) is 14.8. The Morgan fingerprint density at radius 1 is 1.27 bits per heavy atom. The highest BCUT2D eigenvalue weighted by molar-refractivity contribution is 5.94. The fraction of sp³-hybridized carbons (Fsp3) is 0.450. The van der Waals surface area contributed by atoms with E-state index in [1.54, 1.807) is 11.0 Å². The molecule has 1 saturated carbocycles. The van der Waals surface area contributed by atoms with Gasteiger partial charge in [0.1, 0.15) is 0 Å². The van der Waals surface area contributed by atoms with Crippen molar-refractivity contribution >= 4 is 11.9 Å². The average Bonchev–Trinajstić information content (AvgIpc) is 3.35. The van der Waals surface area contributed by atoms with Gasteiger partial charge in [0, 0.05) is 30.1 Å². The lowest BCUT2D eigenvalue weighted by Crippen LogP contribution is -2.32. The highest BCUT2D eigenvalue weighted by atomic mass is 16.5. The van der Waals surface area contributed by atoms with Crippen LogP contribution in [0.2, 0.25) is 0 Å². The van der Waals surface area contributed by atoms with Gasteiger partial charge in [0.05, 0.1) is 5.92 Å². The van der Waals surface area contributed by atoms with Gasteiger partial charge < -0.3 is 14.5 Å². The molecule has 1 unspecified atom stereocenters. The Morgan fingerprint density at radius 3 is 2.69 bits per heavy atom. The van der Waals surface area contributed by atoms with Crippen LogP contribution in [0.3, 0.4) is 0 Å². The van der Waals surface area contributed by atoms with Crippen LogP contribution in [0.5, 0.6) is 0 Å². The third-order valence-electron chi connectivity index (χ3n) is 5.97. The molecule has 2 aliphatic rings. The standard InChI is InChI=1S/C20H22N2O4/c1-13-6-2-3-7-14(13)17-10-16(21-26-17)18(23)22-11-15(19(24)25)20(12-22)8-4-5-9-20/h2-3,6-7,10,15H,4-5,8-9,11-12H2,1H3,(H,24,25). The van der Waals surface area contributed by atoms with Gasteiger partial charge in [-0.25, -0.2) is 0 Å². The number of aryl methyl sites for hydroxylation is 1. The fourth-order valence-corrected chi connectivity index (χ4v) is 4.56. The Kier molecular flexibility index (Phi) is 4.05. The Bertz CT molecular complexity index is 851. The second-order valence-corrected chi connectivity index (χ2v) is 7.54. The van der Waals surface area contributed by atoms with Crippen molar-refractivity contribution in [2.75, 3.05) is 13.1 Å². The SMILES string of the molecule is Cc1ccccc1-c1cc(C(=O)N2CC(C(=O)O)C3(CCCC3)C2)no1. The molecule has 6 nitrogen and oxygen atoms in total. The van der Waals surface area contributed by atoms with E-state index in [2.05, 4.69) is 5.16 Å². The van der Waals surface area contributed by atoms with E-state index in [1.807, 2.05) is 31.2 Å². The molecule has 0 bridgehead atoms. The van der Waals surface area contributed by atoms with Gasteiger partial charge >= 0.3 is 5.97 Å². The number of carboxylic acids is 1. The van der Waals surface area contributed by atoms with Gasteiger partial charge in [-0.1, -0.05) is 42.3 Å². The molecule has 1 aromatic carbocycles. The van der Waals surface area contributed by atoms with E-state index in [0.717, 1.165) is 36.8 Å². The molecule has 1 saturated heterocycles. The van der Waals surface area contributed by atoms with Crippen LogP contribution in [0.15, 0.2) is 34.9 Å². The van der Waals surface area contributed by atoms with E-state index in [0.29, 0.717) is 12.3 Å². The van der Waals surface area contributed by atoms with Crippen molar-refractivity contribution in [2.24, 2.45) is 11.3 Å². The molecule has 1 aromatic heterocycles. The van der Waals surface area contributed by atoms with Gasteiger partial charge in [-0.3, -0.25) is 9.59 Å². The summed E-state index contributed by atoms with van der Waals surface area (Å²) >= 11 is 0. The molecule has 1 amide bonds. The largest absolute Gasteiger partial charge is 0.481 e. The van der Waals surface area contributed by atoms with Crippen molar-refractivity contribution in [1.82, 2.24) is 10.1 Å². The Hall–Kier alpha value is -2.63. The summed E-state index contributed by atoms with van der Waals surface area (Å²) in [4.78, 5) is 26.3. The van der Waals surface area contributed by atoms with Crippen LogP contribution in [-0.2, 0) is 4.79 Å². The van der Waals surface area contributed by atoms with Gasteiger partial charge in [-0.15, -0.1) is 0 Å². The monoisotopic (exact) mass is 354 g/mol. The van der Waals surface area contributed by atoms with Crippen LogP contribution < -0.4 is 0 Å². The summed E-state index contributed by atoms with van der Waals surface area (Å²) in [7, 11) is 0. The molecular weight excluding hydrogens is 332 g/mol. The van der Waals surface area contributed by atoms with Gasteiger partial charge in [-0.05, 0) is 25.3 Å². The minimum absolute atomic E-state index is 0.238. The zero-order chi connectivity index (χ0) is 18.3. The summed E-state index contributed by atoms with van der Waals surface area (Å²) in [5, 5.41) is 13.6. The number of carboxylic acid groups (broad SMARTS) is 1. The van der Waals surface area contributed by atoms with E-state index < -0.39 is 11.9 Å². The molecular formula is C20H22N2O4. The maximum absolute atomic E-state index is 12.9. The quantitative estimate of drug-likeness (QED) is 0.914. The molecule has 1 atom stereocenters. The number of rotatable bonds is 3. The molecule has 26 heavy (non-hydrogen) atoms. The molecule has 1 aliphatic heterocycles. The van der Waals surface area contributed by atoms with Crippen LogP contribution in [0, 0.1) is 18.3 Å². The Balaban J connectivity index is 1.57. The van der Waals surface area contributed by atoms with Crippen molar-refractivity contribution in [3.8, 4) is 11.3 Å². The van der Waals surface area contributed by atoms with Gasteiger partial charge in [0.25, 0.3) is 5.91 Å². The third-order valence-corrected chi connectivity index (χ3v) is 5.97. The molecule has 6 heteroatoms. The van der Waals surface area contributed by atoms with Crippen LogP contribution in [0.1, 0.15) is 41.7 Å². The fourth-order valence-electron chi connectivity index (χ4n) is 4.56. The van der Waals surface area contributed by atoms with E-state index >= 15 is 0 Å². The molecule has 1 aliphatic carbocycles. The van der Waals surface area contributed by atoms with Crippen LogP contribution in [0.4, 0.5) is 0 Å². The number of aliphatic carboxylic acids is 1. The van der Waals surface area contributed by atoms with E-state index in [4.69, 9.17) is 4.52 Å². The maximum atomic E-state index is 12.9. The smallest absolute Gasteiger partial charge is 0.308 e. The van der Waals surface area contributed by atoms with Crippen molar-refractivity contribution in [2.45, 2.75) is 32.6 Å². The number of carbonyl (C=O) groups excluding carboxylic acids is 1. The number of hydrogen-bond acceptors (Lipinski definition) is 4. The number of benzene rings is 1. The van der Waals surface area contributed by atoms with Crippen molar-refractivity contribution < 1.29 is 19.2 Å². The predicted octanol–water partition coefficient (Wildman–Crippen LogP) is 3.37. The van der Waals surface area contributed by atoms with Gasteiger partial charge in [0.2, 0.25) is 0 Å². The van der Waals surface area contributed by atoms with Crippen LogP contribution in [-0.4, -0.2) is 40.1 Å². The summed E-state index contributed by atoms with van der Waals surface area (Å²) in [5.41, 5.74) is 1.91. The predicted molar refractivity (Wildman–Crippen MR) is 94.6 cm³/mol. The highest BCUT2D eigenvalue weighted by Gasteiger charge is 2.52. The normalized spacial score (nSPS) is 21.4. The first-order chi connectivity index (χ1) is 12.5. The molecule has 4 rings (SSSR count). The molecule has 0 radical (unpaired) electrons. The van der Waals surface area contributed by atoms with Crippen molar-refractivity contribution in [3.63, 3.8) is 0 Å². The summed E-state index contributed by atoms with van der Waals surface area (Å²) < 4.78 is 5.39. The topological polar surface area (TPSA) is 83.6 Å². The van der Waals surface area contributed by atoms with E-state index in [1.165, 1.54) is 0 Å². The second-order valence-electron chi connectivity index (χ2n) is 7.54. The number of nitrogens with zero attached hydrogens (tertiary/aromatic N) is 2. The van der Waals surface area contributed by atoms with Crippen LogP contribution >= 0.6 is 0 Å². The Morgan fingerprint density at radius 2 is 2.00 bits per heavy atom. The maximum Gasteiger partial charge on any atom is 0.308 e. The molecule has 2 aromatic rings. The third kappa shape index (κ3) is 2.69. The molecule has 2 fully saturated rings. The summed E-state index contributed by atoms with van der Waals surface area (Å²) in [6, 6.07) is 9.40. The lowest BCUT2D eigenvalue weighted by atomic mass is 9.76. The molecule has 136 valence electrons. The minimum Gasteiger partial charge on any atom is -0.481 e. The second kappa shape index (κ2) is 6.27. The summed E-state index contributed by atoms with van der Waals surface area (Å²) in [6.07, 6.45) is 3.82. The first-order valence-corrected chi connectivity index (χ1v) is 9.05. The van der Waals surface area contributed by atoms with Crippen molar-refractivity contribution in [3.05, 3.63) is 41.6 Å². The van der Waals surface area contributed by atoms with Gasteiger partial charge in [-0.2, -0.15) is 0 Å². The van der Waals surface area contributed by atoms with Gasteiger partial charge in [0.15, 0.2) is 11.5 Å². The highest BCUT2D eigenvalue weighted by Crippen LogP contribution is 2.49. The number of likely N-dealkylation sites (tertiary alicyclic amines) is 1. The van der Waals surface area contributed by atoms with Crippen LogP contribution in [0.25, 0.3) is 11.3 Å². The lowest BCUT2D eigenvalue weighted by molar-refractivity contribution is -0.144. The summed E-state index contributed by atoms with van der Waals surface area (Å²) in [6.45, 7) is 2.72. The lowest BCUT2D eigenvalue weighted by Gasteiger charge is -2.26. The Labute approximate surface area is 151 Å². The number of amides is 1. The minimum atomic E-state index is -0.803. The van der Waals surface area contributed by atoms with E-state index in [9.17, 15) is 14.7 Å². The molecule has 1 spiro atoms. The number of aromatic nitrogens is 1. The van der Waals surface area contributed by atoms with Crippen molar-refractivity contribution in [1.29, 1.82) is 0 Å². The zero-order valence-electron chi connectivity index (χ0n) is 14.8. The number of carbonyl (C=O) groups is 2. The molecule has 1 N–H and O–H groups in total. The molecule has 2 heterocycles. The first-order valence-electron chi connectivity index (χ1n) is 9.05. The van der Waals surface area contributed by atoms with E-state index in [-0.39, 0.29) is 23.6 Å². The first kappa shape index (κ1) is 16.8. The number of hydrogen-bond donors (Lipinski definition) is 1. The average molecular weight is 354 g/mol.